The average Bonchev–Trinajstić information content (AvgIpc) is 2.67. The Balaban J connectivity index is 1.41. The Bertz CT molecular complexity index is 729. The number of anilines is 2. The summed E-state index contributed by atoms with van der Waals surface area (Å²) in [5.41, 5.74) is 2.26. The fraction of sp³-hybridized carbons (Fsp3) is 0.455. The third-order valence-electron chi connectivity index (χ3n) is 5.04. The van der Waals surface area contributed by atoms with Crippen LogP contribution in [0.1, 0.15) is 32.8 Å². The van der Waals surface area contributed by atoms with Crippen molar-refractivity contribution in [1.29, 1.82) is 0 Å². The highest BCUT2D eigenvalue weighted by molar-refractivity contribution is 5.90. The molecule has 2 aromatic rings. The Morgan fingerprint density at radius 3 is 2.33 bits per heavy atom. The van der Waals surface area contributed by atoms with Crippen molar-refractivity contribution in [2.45, 2.75) is 32.6 Å². The number of rotatable bonds is 5. The number of carbonyl (C=O) groups is 1. The van der Waals surface area contributed by atoms with Crippen LogP contribution in [0.2, 0.25) is 0 Å². The van der Waals surface area contributed by atoms with Crippen molar-refractivity contribution in [3.05, 3.63) is 54.2 Å². The van der Waals surface area contributed by atoms with Crippen molar-refractivity contribution in [3.8, 4) is 0 Å². The summed E-state index contributed by atoms with van der Waals surface area (Å²) in [6, 6.07) is 14.2. The number of pyridine rings is 1. The minimum Gasteiger partial charge on any atom is -0.354 e. The van der Waals surface area contributed by atoms with Gasteiger partial charge in [-0.25, -0.2) is 4.98 Å². The third-order valence-corrected chi connectivity index (χ3v) is 5.04. The molecule has 1 aromatic carbocycles. The molecule has 5 nitrogen and oxygen atoms in total. The Kier molecular flexibility index (Phi) is 6.11. The van der Waals surface area contributed by atoms with Gasteiger partial charge in [-0.15, -0.1) is 0 Å². The Morgan fingerprint density at radius 2 is 1.74 bits per heavy atom. The molecule has 1 fully saturated rings. The van der Waals surface area contributed by atoms with Crippen LogP contribution in [0.4, 0.5) is 11.5 Å². The van der Waals surface area contributed by atoms with Crippen LogP contribution in [0.5, 0.6) is 0 Å². The van der Waals surface area contributed by atoms with Gasteiger partial charge in [-0.2, -0.15) is 0 Å². The van der Waals surface area contributed by atoms with Gasteiger partial charge in [-0.1, -0.05) is 39.0 Å². The van der Waals surface area contributed by atoms with Crippen molar-refractivity contribution in [2.24, 2.45) is 0 Å². The molecule has 1 aliphatic heterocycles. The summed E-state index contributed by atoms with van der Waals surface area (Å²) in [6.45, 7) is 11.2. The van der Waals surface area contributed by atoms with Gasteiger partial charge in [0.1, 0.15) is 5.82 Å². The van der Waals surface area contributed by atoms with E-state index in [2.05, 4.69) is 53.0 Å². The number of amides is 1. The molecule has 2 heterocycles. The maximum Gasteiger partial charge on any atom is 0.225 e. The zero-order valence-corrected chi connectivity index (χ0v) is 16.6. The fourth-order valence-corrected chi connectivity index (χ4v) is 3.28. The molecule has 144 valence electrons. The summed E-state index contributed by atoms with van der Waals surface area (Å²) < 4.78 is 0. The van der Waals surface area contributed by atoms with Crippen molar-refractivity contribution in [2.75, 3.05) is 42.9 Å². The van der Waals surface area contributed by atoms with Gasteiger partial charge in [-0.3, -0.25) is 9.69 Å². The molecule has 1 amide bonds. The van der Waals surface area contributed by atoms with Crippen LogP contribution in [0.3, 0.4) is 0 Å². The van der Waals surface area contributed by atoms with Crippen LogP contribution < -0.4 is 10.2 Å². The largest absolute Gasteiger partial charge is 0.354 e. The number of nitrogens with one attached hydrogen (secondary N) is 1. The molecule has 3 rings (SSSR count). The van der Waals surface area contributed by atoms with E-state index in [-0.39, 0.29) is 11.3 Å². The zero-order chi connectivity index (χ0) is 19.3. The highest BCUT2D eigenvalue weighted by Gasteiger charge is 2.18. The first-order valence-corrected chi connectivity index (χ1v) is 9.70. The fourth-order valence-electron chi connectivity index (χ4n) is 3.28. The Labute approximate surface area is 162 Å². The molecule has 0 saturated carbocycles. The number of hydrogen-bond donors (Lipinski definition) is 1. The molecule has 27 heavy (non-hydrogen) atoms. The van der Waals surface area contributed by atoms with Crippen molar-refractivity contribution < 1.29 is 4.79 Å². The van der Waals surface area contributed by atoms with Crippen LogP contribution in [0.15, 0.2) is 48.7 Å². The summed E-state index contributed by atoms with van der Waals surface area (Å²) in [5.74, 6) is 1.11. The quantitative estimate of drug-likeness (QED) is 0.879. The molecule has 0 unspecified atom stereocenters. The van der Waals surface area contributed by atoms with E-state index < -0.39 is 0 Å². The molecule has 1 aromatic heterocycles. The predicted molar refractivity (Wildman–Crippen MR) is 111 cm³/mol. The predicted octanol–water partition coefficient (Wildman–Crippen LogP) is 3.53. The molecule has 0 spiro atoms. The van der Waals surface area contributed by atoms with E-state index in [0.717, 1.165) is 44.2 Å². The van der Waals surface area contributed by atoms with Crippen LogP contribution in [0, 0.1) is 0 Å². The van der Waals surface area contributed by atoms with Gasteiger partial charge in [0.25, 0.3) is 0 Å². The molecule has 1 N–H and O–H groups in total. The van der Waals surface area contributed by atoms with E-state index in [1.165, 1.54) is 5.56 Å². The third kappa shape index (κ3) is 5.54. The summed E-state index contributed by atoms with van der Waals surface area (Å²) in [4.78, 5) is 21.3. The van der Waals surface area contributed by atoms with E-state index in [9.17, 15) is 4.79 Å². The second-order valence-electron chi connectivity index (χ2n) is 8.14. The monoisotopic (exact) mass is 366 g/mol. The summed E-state index contributed by atoms with van der Waals surface area (Å²) in [7, 11) is 0. The van der Waals surface area contributed by atoms with Gasteiger partial charge in [0.05, 0.1) is 0 Å². The number of benzene rings is 1. The number of aromatic nitrogens is 1. The lowest BCUT2D eigenvalue weighted by molar-refractivity contribution is -0.116. The lowest BCUT2D eigenvalue weighted by Crippen LogP contribution is -2.47. The molecule has 0 aliphatic carbocycles. The Hall–Kier alpha value is -2.40. The van der Waals surface area contributed by atoms with Gasteiger partial charge in [0.2, 0.25) is 5.91 Å². The van der Waals surface area contributed by atoms with Gasteiger partial charge in [-0.05, 0) is 35.2 Å². The average molecular weight is 367 g/mol. The van der Waals surface area contributed by atoms with Gasteiger partial charge in [0.15, 0.2) is 0 Å². The van der Waals surface area contributed by atoms with E-state index in [0.29, 0.717) is 6.42 Å². The summed E-state index contributed by atoms with van der Waals surface area (Å²) in [6.07, 6.45) is 2.35. The number of nitrogens with zero attached hydrogens (tertiary/aromatic N) is 3. The minimum absolute atomic E-state index is 0.0747. The highest BCUT2D eigenvalue weighted by Crippen LogP contribution is 2.23. The molecule has 5 heteroatoms. The topological polar surface area (TPSA) is 48.5 Å². The lowest BCUT2D eigenvalue weighted by Gasteiger charge is -2.35. The van der Waals surface area contributed by atoms with E-state index in [1.54, 1.807) is 0 Å². The summed E-state index contributed by atoms with van der Waals surface area (Å²) in [5, 5.41) is 3.01. The van der Waals surface area contributed by atoms with Gasteiger partial charge >= 0.3 is 0 Å². The lowest BCUT2D eigenvalue weighted by atomic mass is 9.87. The smallest absolute Gasteiger partial charge is 0.225 e. The molecule has 0 atom stereocenters. The van der Waals surface area contributed by atoms with E-state index in [1.807, 2.05) is 36.5 Å². The normalized spacial score (nSPS) is 15.6. The van der Waals surface area contributed by atoms with Crippen LogP contribution in [0.25, 0.3) is 0 Å². The maximum atomic E-state index is 12.3. The van der Waals surface area contributed by atoms with Gasteiger partial charge in [0, 0.05) is 51.0 Å². The van der Waals surface area contributed by atoms with Crippen LogP contribution in [-0.4, -0.2) is 48.5 Å². The standard InChI is InChI=1S/C22H30N4O/c1-22(2,3)18-7-9-19(10-8-18)24-21(27)11-13-25-14-16-26(17-15-25)20-6-4-5-12-23-20/h4-10,12H,11,13-17H2,1-3H3,(H,24,27). The maximum absolute atomic E-state index is 12.3. The first-order chi connectivity index (χ1) is 12.9. The SMILES string of the molecule is CC(C)(C)c1ccc(NC(=O)CCN2CCN(c3ccccn3)CC2)cc1. The molecule has 0 bridgehead atoms. The number of piperazine rings is 1. The highest BCUT2D eigenvalue weighted by atomic mass is 16.1. The number of carbonyl (C=O) groups excluding carboxylic acids is 1. The molecule has 0 radical (unpaired) electrons. The first kappa shape index (κ1) is 19.4. The van der Waals surface area contributed by atoms with Crippen LogP contribution in [-0.2, 0) is 10.2 Å². The molecule has 1 aliphatic rings. The van der Waals surface area contributed by atoms with Crippen LogP contribution >= 0.6 is 0 Å². The van der Waals surface area contributed by atoms with Gasteiger partial charge < -0.3 is 10.2 Å². The summed E-state index contributed by atoms with van der Waals surface area (Å²) >= 11 is 0. The van der Waals surface area contributed by atoms with Crippen molar-refractivity contribution in [3.63, 3.8) is 0 Å². The first-order valence-electron chi connectivity index (χ1n) is 9.70. The van der Waals surface area contributed by atoms with E-state index in [4.69, 9.17) is 0 Å². The second-order valence-corrected chi connectivity index (χ2v) is 8.14. The second kappa shape index (κ2) is 8.53. The zero-order valence-electron chi connectivity index (χ0n) is 16.6. The Morgan fingerprint density at radius 1 is 1.04 bits per heavy atom. The van der Waals surface area contributed by atoms with E-state index >= 15 is 0 Å². The molecular weight excluding hydrogens is 336 g/mol. The van der Waals surface area contributed by atoms with Crippen molar-refractivity contribution in [1.82, 2.24) is 9.88 Å². The molecular formula is C22H30N4O. The van der Waals surface area contributed by atoms with Crippen molar-refractivity contribution >= 4 is 17.4 Å². The molecule has 1 saturated heterocycles. The minimum atomic E-state index is 0.0747. The number of hydrogen-bond acceptors (Lipinski definition) is 4.